The molecule has 3 rings (SSSR count). The summed E-state index contributed by atoms with van der Waals surface area (Å²) >= 11 is 0. The van der Waals surface area contributed by atoms with E-state index in [1.54, 1.807) is 6.20 Å². The minimum Gasteiger partial charge on any atom is -0.320 e. The van der Waals surface area contributed by atoms with E-state index in [9.17, 15) is 18.0 Å². The van der Waals surface area contributed by atoms with Crippen LogP contribution in [0, 0.1) is 12.8 Å². The van der Waals surface area contributed by atoms with E-state index in [1.165, 1.54) is 18.3 Å². The third-order valence-corrected chi connectivity index (χ3v) is 4.82. The normalized spacial score (nSPS) is 13.0. The van der Waals surface area contributed by atoms with Crippen LogP contribution in [0.3, 0.4) is 0 Å². The summed E-state index contributed by atoms with van der Waals surface area (Å²) in [5.41, 5.74) is 3.32. The van der Waals surface area contributed by atoms with Crippen LogP contribution in [-0.2, 0) is 0 Å². The maximum absolute atomic E-state index is 12.9. The lowest BCUT2D eigenvalue weighted by atomic mass is 10.0. The van der Waals surface area contributed by atoms with Gasteiger partial charge in [0.25, 0.3) is 5.91 Å². The zero-order valence-electron chi connectivity index (χ0n) is 18.5. The topological polar surface area (TPSA) is 79.6 Å². The second-order valence-corrected chi connectivity index (χ2v) is 7.41. The Hall–Kier alpha value is -4.14. The standard InChI is InChI=1S/C25H22F3N5O/c1-16(25(26,27)28)9-10-22(29-3)33-23-14-19(11-12-30-23)24(34)32-21-15-31-17(2)13-20(21)18-7-5-4-6-8-18/h4-16H,3H2,1-2H3,(H,32,34)/b10-9-,33-22?. The van der Waals surface area contributed by atoms with Gasteiger partial charge in [0.05, 0.1) is 17.8 Å². The Morgan fingerprint density at radius 2 is 1.88 bits per heavy atom. The molecule has 3 aromatic rings. The fourth-order valence-electron chi connectivity index (χ4n) is 2.91. The van der Waals surface area contributed by atoms with Gasteiger partial charge < -0.3 is 5.32 Å². The highest BCUT2D eigenvalue weighted by Crippen LogP contribution is 2.29. The van der Waals surface area contributed by atoms with E-state index in [0.29, 0.717) is 5.69 Å². The van der Waals surface area contributed by atoms with E-state index in [1.807, 2.05) is 43.3 Å². The molecule has 174 valence electrons. The molecule has 1 N–H and O–H groups in total. The quantitative estimate of drug-likeness (QED) is 0.348. The zero-order valence-corrected chi connectivity index (χ0v) is 18.5. The van der Waals surface area contributed by atoms with E-state index in [4.69, 9.17) is 0 Å². The molecule has 1 atom stereocenters. The predicted molar refractivity (Wildman–Crippen MR) is 128 cm³/mol. The van der Waals surface area contributed by atoms with Crippen LogP contribution in [0.2, 0.25) is 0 Å². The van der Waals surface area contributed by atoms with Crippen molar-refractivity contribution in [2.75, 3.05) is 5.32 Å². The molecule has 0 saturated carbocycles. The molecule has 2 heterocycles. The van der Waals surface area contributed by atoms with Crippen LogP contribution in [0.1, 0.15) is 23.0 Å². The number of amides is 1. The number of anilines is 1. The van der Waals surface area contributed by atoms with Gasteiger partial charge in [0, 0.05) is 23.0 Å². The Morgan fingerprint density at radius 3 is 2.56 bits per heavy atom. The maximum Gasteiger partial charge on any atom is 0.394 e. The van der Waals surface area contributed by atoms with Crippen molar-refractivity contribution in [3.05, 3.63) is 84.3 Å². The second-order valence-electron chi connectivity index (χ2n) is 7.41. The average Bonchev–Trinajstić information content (AvgIpc) is 2.82. The number of aliphatic imine (C=N–C) groups is 2. The number of aryl methyl sites for hydroxylation is 1. The molecule has 1 amide bonds. The number of benzene rings is 1. The van der Waals surface area contributed by atoms with Crippen molar-refractivity contribution in [3.63, 3.8) is 0 Å². The van der Waals surface area contributed by atoms with E-state index in [0.717, 1.165) is 35.9 Å². The minimum atomic E-state index is -4.37. The molecular weight excluding hydrogens is 443 g/mol. The van der Waals surface area contributed by atoms with Gasteiger partial charge in [-0.05, 0) is 43.5 Å². The third-order valence-electron chi connectivity index (χ3n) is 4.82. The van der Waals surface area contributed by atoms with Crippen LogP contribution in [0.4, 0.5) is 24.7 Å². The number of hydrogen-bond acceptors (Lipinski definition) is 4. The van der Waals surface area contributed by atoms with Gasteiger partial charge in [0.15, 0.2) is 11.7 Å². The first-order valence-electron chi connectivity index (χ1n) is 10.3. The summed E-state index contributed by atoms with van der Waals surface area (Å²) in [5, 5.41) is 2.85. The number of pyridine rings is 2. The average molecular weight is 465 g/mol. The number of allylic oxidation sites excluding steroid dienone is 1. The van der Waals surface area contributed by atoms with Crippen molar-refractivity contribution >= 4 is 30.0 Å². The fourth-order valence-corrected chi connectivity index (χ4v) is 2.91. The molecule has 0 saturated heterocycles. The Bertz CT molecular complexity index is 1240. The highest BCUT2D eigenvalue weighted by Gasteiger charge is 2.33. The second kappa shape index (κ2) is 10.7. The number of hydrogen-bond donors (Lipinski definition) is 1. The molecule has 0 aliphatic heterocycles. The van der Waals surface area contributed by atoms with E-state index >= 15 is 0 Å². The molecule has 0 fully saturated rings. The predicted octanol–water partition coefficient (Wildman–Crippen LogP) is 6.19. The van der Waals surface area contributed by atoms with Crippen LogP contribution in [0.25, 0.3) is 11.1 Å². The lowest BCUT2D eigenvalue weighted by molar-refractivity contribution is -0.156. The van der Waals surface area contributed by atoms with E-state index in [-0.39, 0.29) is 17.2 Å². The van der Waals surface area contributed by atoms with Crippen LogP contribution in [0.5, 0.6) is 0 Å². The summed E-state index contributed by atoms with van der Waals surface area (Å²) in [6.07, 6.45) is 0.635. The number of rotatable bonds is 6. The first-order chi connectivity index (χ1) is 16.2. The van der Waals surface area contributed by atoms with Gasteiger partial charge in [-0.25, -0.2) is 15.0 Å². The number of halogens is 3. The van der Waals surface area contributed by atoms with Gasteiger partial charge in [-0.3, -0.25) is 9.78 Å². The number of nitrogens with zero attached hydrogens (tertiary/aromatic N) is 4. The lowest BCUT2D eigenvalue weighted by Crippen LogP contribution is -2.17. The first-order valence-corrected chi connectivity index (χ1v) is 10.3. The monoisotopic (exact) mass is 465 g/mol. The Labute approximate surface area is 195 Å². The van der Waals surface area contributed by atoms with Crippen LogP contribution in [-0.4, -0.2) is 34.6 Å². The summed E-state index contributed by atoms with van der Waals surface area (Å²) in [6.45, 7) is 6.21. The van der Waals surface area contributed by atoms with Crippen LogP contribution >= 0.6 is 0 Å². The Kier molecular flexibility index (Phi) is 7.68. The third kappa shape index (κ3) is 6.44. The molecule has 0 aliphatic carbocycles. The van der Waals surface area contributed by atoms with Gasteiger partial charge in [-0.1, -0.05) is 43.3 Å². The number of amidine groups is 1. The highest BCUT2D eigenvalue weighted by molar-refractivity contribution is 6.06. The molecule has 1 unspecified atom stereocenters. The van der Waals surface area contributed by atoms with Crippen LogP contribution < -0.4 is 5.32 Å². The molecular formula is C25H22F3N5O. The zero-order chi connectivity index (χ0) is 24.7. The molecule has 0 radical (unpaired) electrons. The van der Waals surface area contributed by atoms with Gasteiger partial charge in [0.2, 0.25) is 0 Å². The van der Waals surface area contributed by atoms with Crippen molar-refractivity contribution in [3.8, 4) is 11.1 Å². The summed E-state index contributed by atoms with van der Waals surface area (Å²) in [4.78, 5) is 29.0. The molecule has 34 heavy (non-hydrogen) atoms. The van der Waals surface area contributed by atoms with Crippen molar-refractivity contribution in [2.45, 2.75) is 20.0 Å². The van der Waals surface area contributed by atoms with Gasteiger partial charge >= 0.3 is 6.18 Å². The molecule has 0 spiro atoms. The number of carbonyl (C=O) groups excluding carboxylic acids is 1. The number of alkyl halides is 3. The largest absolute Gasteiger partial charge is 0.394 e. The number of carbonyl (C=O) groups is 1. The molecule has 0 aliphatic rings. The smallest absolute Gasteiger partial charge is 0.320 e. The lowest BCUT2D eigenvalue weighted by Gasteiger charge is -2.12. The Morgan fingerprint density at radius 1 is 1.15 bits per heavy atom. The van der Waals surface area contributed by atoms with Crippen molar-refractivity contribution in [1.82, 2.24) is 9.97 Å². The van der Waals surface area contributed by atoms with Crippen molar-refractivity contribution in [1.29, 1.82) is 0 Å². The summed E-state index contributed by atoms with van der Waals surface area (Å²) in [5.74, 6) is -2.05. The minimum absolute atomic E-state index is 0.0599. The Balaban J connectivity index is 1.84. The summed E-state index contributed by atoms with van der Waals surface area (Å²) in [7, 11) is 0. The molecule has 0 bridgehead atoms. The van der Waals surface area contributed by atoms with Crippen molar-refractivity contribution < 1.29 is 18.0 Å². The number of nitrogens with one attached hydrogen (secondary N) is 1. The van der Waals surface area contributed by atoms with E-state index < -0.39 is 18.0 Å². The van der Waals surface area contributed by atoms with Gasteiger partial charge in [-0.15, -0.1) is 0 Å². The van der Waals surface area contributed by atoms with Crippen LogP contribution in [0.15, 0.2) is 83.1 Å². The highest BCUT2D eigenvalue weighted by atomic mass is 19.4. The summed E-state index contributed by atoms with van der Waals surface area (Å²) < 4.78 is 38.1. The number of aromatic nitrogens is 2. The molecule has 6 nitrogen and oxygen atoms in total. The fraction of sp³-hybridized carbons (Fsp3) is 0.160. The van der Waals surface area contributed by atoms with Gasteiger partial charge in [0.1, 0.15) is 0 Å². The van der Waals surface area contributed by atoms with Gasteiger partial charge in [-0.2, -0.15) is 13.2 Å². The molecule has 2 aromatic heterocycles. The first kappa shape index (κ1) is 24.5. The summed E-state index contributed by atoms with van der Waals surface area (Å²) in [6, 6.07) is 14.4. The molecule has 1 aromatic carbocycles. The van der Waals surface area contributed by atoms with E-state index in [2.05, 4.69) is 32.0 Å². The SMILES string of the molecule is C=NC(/C=C\C(C)C(F)(F)F)=Nc1cc(C(=O)Nc2cnc(C)cc2-c2ccccc2)ccn1. The molecule has 9 heteroatoms. The van der Waals surface area contributed by atoms with Crippen molar-refractivity contribution in [2.24, 2.45) is 15.9 Å². The maximum atomic E-state index is 12.9.